The molecule has 0 saturated carbocycles. The molecule has 0 spiro atoms. The fourth-order valence-corrected chi connectivity index (χ4v) is 3.10. The van der Waals surface area contributed by atoms with Crippen molar-refractivity contribution < 1.29 is 19.1 Å². The Morgan fingerprint density at radius 1 is 1.59 bits per heavy atom. The summed E-state index contributed by atoms with van der Waals surface area (Å²) in [5, 5.41) is 10.4. The number of hydrogen-bond donors (Lipinski definition) is 2. The molecule has 3 rings (SSSR count). The normalized spacial score (nSPS) is 20.7. The zero-order chi connectivity index (χ0) is 15.7. The smallest absolute Gasteiger partial charge is 0.355 e. The van der Waals surface area contributed by atoms with E-state index in [1.807, 2.05) is 13.8 Å². The molecule has 0 amide bonds. The van der Waals surface area contributed by atoms with E-state index in [9.17, 15) is 9.90 Å². The predicted octanol–water partition coefficient (Wildman–Crippen LogP) is 2.64. The maximum atomic E-state index is 12.1. The summed E-state index contributed by atoms with van der Waals surface area (Å²) in [5.41, 5.74) is 2.88. The third-order valence-electron chi connectivity index (χ3n) is 4.11. The van der Waals surface area contributed by atoms with Crippen molar-refractivity contribution in [2.45, 2.75) is 45.1 Å². The van der Waals surface area contributed by atoms with Gasteiger partial charge in [-0.05, 0) is 31.7 Å². The van der Waals surface area contributed by atoms with E-state index >= 15 is 0 Å². The Bertz CT molecular complexity index is 660. The Hall–Kier alpha value is -2.08. The zero-order valence-corrected chi connectivity index (χ0v) is 12.8. The molecule has 2 heterocycles. The first-order chi connectivity index (χ1) is 10.6. The first-order valence-electron chi connectivity index (χ1n) is 7.57. The molecule has 2 N–H and O–H groups in total. The second kappa shape index (κ2) is 5.96. The summed E-state index contributed by atoms with van der Waals surface area (Å²) >= 11 is 0. The Morgan fingerprint density at radius 3 is 3.09 bits per heavy atom. The lowest BCUT2D eigenvalue weighted by atomic mass is 9.84. The fourth-order valence-electron chi connectivity index (χ4n) is 3.10. The molecule has 0 aliphatic heterocycles. The average molecular weight is 304 g/mol. The largest absolute Gasteiger partial charge is 0.461 e. The quantitative estimate of drug-likeness (QED) is 0.848. The Morgan fingerprint density at radius 2 is 2.41 bits per heavy atom. The molecular weight excluding hydrogens is 284 g/mol. The van der Waals surface area contributed by atoms with E-state index < -0.39 is 6.10 Å². The number of aromatic nitrogens is 2. The van der Waals surface area contributed by atoms with Crippen LogP contribution in [0.5, 0.6) is 0 Å². The van der Waals surface area contributed by atoms with Crippen molar-refractivity contribution in [1.29, 1.82) is 0 Å². The highest BCUT2D eigenvalue weighted by Gasteiger charge is 2.34. The van der Waals surface area contributed by atoms with E-state index in [4.69, 9.17) is 9.15 Å². The maximum absolute atomic E-state index is 12.1. The highest BCUT2D eigenvalue weighted by Crippen LogP contribution is 2.40. The lowest BCUT2D eigenvalue weighted by Gasteiger charge is -2.24. The van der Waals surface area contributed by atoms with E-state index in [1.54, 1.807) is 6.20 Å². The molecule has 2 unspecified atom stereocenters. The highest BCUT2D eigenvalue weighted by molar-refractivity contribution is 5.90. The number of fused-ring (bicyclic) bond motifs is 1. The van der Waals surface area contributed by atoms with Crippen LogP contribution in [0, 0.1) is 6.92 Å². The van der Waals surface area contributed by atoms with Crippen LogP contribution in [-0.2, 0) is 11.2 Å². The zero-order valence-electron chi connectivity index (χ0n) is 12.8. The summed E-state index contributed by atoms with van der Waals surface area (Å²) in [5.74, 6) is 0.260. The molecule has 2 aromatic rings. The lowest BCUT2D eigenvalue weighted by Crippen LogP contribution is -2.17. The molecule has 6 nitrogen and oxygen atoms in total. The molecule has 1 aliphatic rings. The van der Waals surface area contributed by atoms with Gasteiger partial charge in [-0.15, -0.1) is 0 Å². The molecule has 2 atom stereocenters. The van der Waals surface area contributed by atoms with Gasteiger partial charge in [0.25, 0.3) is 0 Å². The van der Waals surface area contributed by atoms with Crippen LogP contribution in [0.4, 0.5) is 0 Å². The van der Waals surface area contributed by atoms with E-state index in [0.717, 1.165) is 23.2 Å². The van der Waals surface area contributed by atoms with Crippen molar-refractivity contribution in [2.24, 2.45) is 0 Å². The van der Waals surface area contributed by atoms with E-state index in [2.05, 4.69) is 9.97 Å². The number of carbonyl (C=O) groups is 1. The van der Waals surface area contributed by atoms with Gasteiger partial charge in [0.15, 0.2) is 5.89 Å². The summed E-state index contributed by atoms with van der Waals surface area (Å²) in [6, 6.07) is 0. The van der Waals surface area contributed by atoms with Crippen LogP contribution >= 0.6 is 0 Å². The lowest BCUT2D eigenvalue weighted by molar-refractivity contribution is 0.0498. The molecule has 0 aromatic carbocycles. The minimum Gasteiger partial charge on any atom is -0.461 e. The van der Waals surface area contributed by atoms with Crippen LogP contribution in [0.2, 0.25) is 0 Å². The van der Waals surface area contributed by atoms with Crippen molar-refractivity contribution in [1.82, 2.24) is 9.97 Å². The molecule has 0 fully saturated rings. The third kappa shape index (κ3) is 2.54. The van der Waals surface area contributed by atoms with E-state index in [-0.39, 0.29) is 11.9 Å². The number of nitrogens with zero attached hydrogens (tertiary/aromatic N) is 1. The molecule has 0 radical (unpaired) electrons. The number of nitrogens with one attached hydrogen (secondary N) is 1. The summed E-state index contributed by atoms with van der Waals surface area (Å²) in [6.45, 7) is 4.18. The number of aliphatic hydroxyl groups excluding tert-OH is 1. The van der Waals surface area contributed by atoms with Crippen LogP contribution in [0.15, 0.2) is 16.9 Å². The van der Waals surface area contributed by atoms with Crippen molar-refractivity contribution in [3.05, 3.63) is 40.9 Å². The number of rotatable bonds is 4. The summed E-state index contributed by atoms with van der Waals surface area (Å²) < 4.78 is 10.5. The van der Waals surface area contributed by atoms with Gasteiger partial charge in [-0.2, -0.15) is 0 Å². The van der Waals surface area contributed by atoms with Crippen LogP contribution in [0.3, 0.4) is 0 Å². The van der Waals surface area contributed by atoms with E-state index in [1.165, 1.54) is 6.26 Å². The first-order valence-corrected chi connectivity index (χ1v) is 7.57. The van der Waals surface area contributed by atoms with Gasteiger partial charge in [0.05, 0.1) is 18.9 Å². The molecule has 118 valence electrons. The summed E-state index contributed by atoms with van der Waals surface area (Å²) in [4.78, 5) is 19.4. The predicted molar refractivity (Wildman–Crippen MR) is 78.6 cm³/mol. The molecule has 6 heteroatoms. The minimum atomic E-state index is -0.635. The molecule has 22 heavy (non-hydrogen) atoms. The van der Waals surface area contributed by atoms with Gasteiger partial charge in [0, 0.05) is 17.2 Å². The number of aromatic amines is 1. The Balaban J connectivity index is 1.88. The topological polar surface area (TPSA) is 88.4 Å². The van der Waals surface area contributed by atoms with Crippen LogP contribution in [0.1, 0.15) is 65.0 Å². The molecular formula is C16H20N2O4. The van der Waals surface area contributed by atoms with Gasteiger partial charge in [-0.25, -0.2) is 9.78 Å². The van der Waals surface area contributed by atoms with Crippen molar-refractivity contribution in [3.8, 4) is 0 Å². The van der Waals surface area contributed by atoms with Gasteiger partial charge in [-0.3, -0.25) is 0 Å². The number of esters is 1. The SMILES string of the molecule is CCCOC(=O)c1[nH]c2c(c1C)C(O)CC(c1ncco1)C2. The number of carbonyl (C=O) groups excluding carboxylic acids is 1. The second-order valence-electron chi connectivity index (χ2n) is 5.68. The number of oxazole rings is 1. The number of H-pyrrole nitrogens is 1. The van der Waals surface area contributed by atoms with Gasteiger partial charge in [0.2, 0.25) is 0 Å². The van der Waals surface area contributed by atoms with E-state index in [0.29, 0.717) is 31.0 Å². The molecule has 0 saturated heterocycles. The first kappa shape index (κ1) is 14.8. The minimum absolute atomic E-state index is 0.00932. The van der Waals surface area contributed by atoms with Crippen LogP contribution < -0.4 is 0 Å². The molecule has 1 aliphatic carbocycles. The highest BCUT2D eigenvalue weighted by atomic mass is 16.5. The van der Waals surface area contributed by atoms with Crippen LogP contribution in [0.25, 0.3) is 0 Å². The second-order valence-corrected chi connectivity index (χ2v) is 5.68. The standard InChI is InChI=1S/C16H20N2O4/c1-3-5-22-16(20)14-9(2)13-11(18-14)7-10(8-12(13)19)15-17-4-6-21-15/h4,6,10,12,18-19H,3,5,7-8H2,1-2H3. The van der Waals surface area contributed by atoms with Crippen molar-refractivity contribution in [2.75, 3.05) is 6.61 Å². The van der Waals surface area contributed by atoms with Crippen molar-refractivity contribution >= 4 is 5.97 Å². The third-order valence-corrected chi connectivity index (χ3v) is 4.11. The summed E-state index contributed by atoms with van der Waals surface area (Å²) in [6.07, 6.45) is 4.48. The molecule has 2 aromatic heterocycles. The van der Waals surface area contributed by atoms with Crippen molar-refractivity contribution in [3.63, 3.8) is 0 Å². The number of aliphatic hydroxyl groups is 1. The Labute approximate surface area is 128 Å². The van der Waals surface area contributed by atoms with Gasteiger partial charge >= 0.3 is 5.97 Å². The number of ether oxygens (including phenoxy) is 1. The van der Waals surface area contributed by atoms with Gasteiger partial charge < -0.3 is 19.2 Å². The van der Waals surface area contributed by atoms with Gasteiger partial charge in [0.1, 0.15) is 12.0 Å². The van der Waals surface area contributed by atoms with Crippen LogP contribution in [-0.4, -0.2) is 27.7 Å². The average Bonchev–Trinajstić information content (AvgIpc) is 3.13. The van der Waals surface area contributed by atoms with Gasteiger partial charge in [-0.1, -0.05) is 6.92 Å². The monoisotopic (exact) mass is 304 g/mol. The fraction of sp³-hybridized carbons (Fsp3) is 0.500. The summed E-state index contributed by atoms with van der Waals surface area (Å²) in [7, 11) is 0. The number of hydrogen-bond acceptors (Lipinski definition) is 5. The Kier molecular flexibility index (Phi) is 4.02. The maximum Gasteiger partial charge on any atom is 0.355 e. The molecule has 0 bridgehead atoms.